The molecule has 0 fully saturated rings. The standard InChI is InChI=1S/C62H39NO2/c1-2-14-42(15-3-1)49-35-32-45(48-23-12-18-41-16-4-6-19-47(41)48)38-57(49)63(46-33-28-40(29-34-46)44-31-36-53-52-22-9-11-26-58(52)64-60(53)39-44)56-25-10-8-21-51(56)54-24-13-27-59-61(54)55-37-30-43-17-5-7-20-50(43)62(55)65-59/h1-39H. The molecule has 65 heavy (non-hydrogen) atoms. The van der Waals surface area contributed by atoms with Crippen molar-refractivity contribution in [2.24, 2.45) is 0 Å². The van der Waals surface area contributed by atoms with Crippen molar-refractivity contribution in [1.29, 1.82) is 0 Å². The van der Waals surface area contributed by atoms with E-state index in [-0.39, 0.29) is 0 Å². The van der Waals surface area contributed by atoms with E-state index in [1.807, 2.05) is 12.1 Å². The Labute approximate surface area is 375 Å². The number of fused-ring (bicyclic) bond motifs is 9. The Balaban J connectivity index is 1.05. The van der Waals surface area contributed by atoms with Gasteiger partial charge in [0.2, 0.25) is 0 Å². The normalized spacial score (nSPS) is 11.7. The van der Waals surface area contributed by atoms with Crippen LogP contribution in [-0.4, -0.2) is 0 Å². The van der Waals surface area contributed by atoms with Gasteiger partial charge >= 0.3 is 0 Å². The number of hydrogen-bond donors (Lipinski definition) is 0. The van der Waals surface area contributed by atoms with Crippen LogP contribution in [0.1, 0.15) is 0 Å². The summed E-state index contributed by atoms with van der Waals surface area (Å²) in [5.41, 5.74) is 15.7. The zero-order chi connectivity index (χ0) is 42.8. The maximum absolute atomic E-state index is 6.75. The molecule has 0 atom stereocenters. The molecule has 2 aromatic heterocycles. The minimum atomic E-state index is 0.865. The molecule has 2 heterocycles. The highest BCUT2D eigenvalue weighted by atomic mass is 16.3. The largest absolute Gasteiger partial charge is 0.456 e. The molecule has 0 N–H and O–H groups in total. The summed E-state index contributed by atoms with van der Waals surface area (Å²) in [7, 11) is 0. The Hall–Kier alpha value is -8.66. The van der Waals surface area contributed by atoms with Gasteiger partial charge in [0.05, 0.1) is 11.4 Å². The van der Waals surface area contributed by atoms with Crippen LogP contribution in [0.25, 0.3) is 110 Å². The lowest BCUT2D eigenvalue weighted by Gasteiger charge is -2.31. The lowest BCUT2D eigenvalue weighted by molar-refractivity contribution is 0.669. The van der Waals surface area contributed by atoms with E-state index in [0.717, 1.165) is 111 Å². The van der Waals surface area contributed by atoms with Crippen LogP contribution >= 0.6 is 0 Å². The van der Waals surface area contributed by atoms with Gasteiger partial charge in [0, 0.05) is 43.7 Å². The number of para-hydroxylation sites is 2. The number of hydrogen-bond acceptors (Lipinski definition) is 3. The predicted octanol–water partition coefficient (Wildman–Crippen LogP) is 17.9. The molecule has 13 rings (SSSR count). The van der Waals surface area contributed by atoms with E-state index in [1.54, 1.807) is 0 Å². The number of anilines is 3. The zero-order valence-electron chi connectivity index (χ0n) is 35.3. The van der Waals surface area contributed by atoms with Crippen molar-refractivity contribution in [3.8, 4) is 44.5 Å². The minimum Gasteiger partial charge on any atom is -0.456 e. The lowest BCUT2D eigenvalue weighted by atomic mass is 9.93. The Kier molecular flexibility index (Phi) is 8.53. The molecule has 304 valence electrons. The highest BCUT2D eigenvalue weighted by Crippen LogP contribution is 2.49. The van der Waals surface area contributed by atoms with Gasteiger partial charge in [-0.1, -0.05) is 182 Å². The fourth-order valence-corrected chi connectivity index (χ4v) is 10.0. The van der Waals surface area contributed by atoms with E-state index < -0.39 is 0 Å². The summed E-state index contributed by atoms with van der Waals surface area (Å²) >= 11 is 0. The third kappa shape index (κ3) is 6.12. The molecule has 11 aromatic carbocycles. The molecule has 0 radical (unpaired) electrons. The van der Waals surface area contributed by atoms with Crippen LogP contribution in [0.3, 0.4) is 0 Å². The number of benzene rings is 11. The zero-order valence-corrected chi connectivity index (χ0v) is 35.3. The maximum Gasteiger partial charge on any atom is 0.143 e. The van der Waals surface area contributed by atoms with Crippen molar-refractivity contribution in [2.75, 3.05) is 4.90 Å². The molecule has 0 bridgehead atoms. The first-order valence-electron chi connectivity index (χ1n) is 22.2. The number of rotatable bonds is 7. The number of nitrogens with zero attached hydrogens (tertiary/aromatic N) is 1. The van der Waals surface area contributed by atoms with Crippen LogP contribution in [0, 0.1) is 0 Å². The highest BCUT2D eigenvalue weighted by Gasteiger charge is 2.24. The van der Waals surface area contributed by atoms with Crippen molar-refractivity contribution in [3.05, 3.63) is 237 Å². The van der Waals surface area contributed by atoms with E-state index in [1.165, 1.54) is 16.3 Å². The van der Waals surface area contributed by atoms with Crippen molar-refractivity contribution in [1.82, 2.24) is 0 Å². The summed E-state index contributed by atoms with van der Waals surface area (Å²) in [5, 5.41) is 9.16. The highest BCUT2D eigenvalue weighted by molar-refractivity contribution is 6.20. The van der Waals surface area contributed by atoms with Gasteiger partial charge in [0.25, 0.3) is 0 Å². The van der Waals surface area contributed by atoms with E-state index in [2.05, 4.69) is 229 Å². The fraction of sp³-hybridized carbons (Fsp3) is 0. The third-order valence-electron chi connectivity index (χ3n) is 13.1. The third-order valence-corrected chi connectivity index (χ3v) is 13.1. The molecule has 0 aliphatic carbocycles. The molecule has 0 unspecified atom stereocenters. The Bertz CT molecular complexity index is 3950. The van der Waals surface area contributed by atoms with Crippen molar-refractivity contribution < 1.29 is 8.83 Å². The first kappa shape index (κ1) is 36.9. The molecular weight excluding hydrogens is 791 g/mol. The average molecular weight is 830 g/mol. The molecule has 13 aromatic rings. The number of furan rings is 2. The van der Waals surface area contributed by atoms with Crippen LogP contribution in [-0.2, 0) is 0 Å². The summed E-state index contributed by atoms with van der Waals surface area (Å²) in [6.45, 7) is 0. The van der Waals surface area contributed by atoms with Crippen LogP contribution in [0.2, 0.25) is 0 Å². The summed E-state index contributed by atoms with van der Waals surface area (Å²) in [6, 6.07) is 84.9. The predicted molar refractivity (Wildman–Crippen MR) is 272 cm³/mol. The second-order valence-electron chi connectivity index (χ2n) is 16.8. The maximum atomic E-state index is 6.75. The minimum absolute atomic E-state index is 0.865. The first-order chi connectivity index (χ1) is 32.2. The Morgan fingerprint density at radius 3 is 1.77 bits per heavy atom. The lowest BCUT2D eigenvalue weighted by Crippen LogP contribution is -2.13. The SMILES string of the molecule is c1ccc(-c2ccc(-c3cccc4ccccc34)cc2N(c2ccc(-c3ccc4c(c3)oc3ccccc34)cc2)c2ccccc2-c2cccc3oc4c5ccccc5ccc4c23)cc1. The van der Waals surface area contributed by atoms with Gasteiger partial charge in [-0.25, -0.2) is 0 Å². The second-order valence-corrected chi connectivity index (χ2v) is 16.8. The topological polar surface area (TPSA) is 29.5 Å². The first-order valence-corrected chi connectivity index (χ1v) is 22.2. The van der Waals surface area contributed by atoms with Gasteiger partial charge in [0.15, 0.2) is 0 Å². The van der Waals surface area contributed by atoms with Crippen LogP contribution in [0.4, 0.5) is 17.1 Å². The summed E-state index contributed by atoms with van der Waals surface area (Å²) in [5.74, 6) is 0. The van der Waals surface area contributed by atoms with Gasteiger partial charge in [-0.15, -0.1) is 0 Å². The summed E-state index contributed by atoms with van der Waals surface area (Å²) in [6.07, 6.45) is 0. The van der Waals surface area contributed by atoms with Gasteiger partial charge in [0.1, 0.15) is 22.3 Å². The van der Waals surface area contributed by atoms with Crippen LogP contribution in [0.5, 0.6) is 0 Å². The van der Waals surface area contributed by atoms with Crippen molar-refractivity contribution in [3.63, 3.8) is 0 Å². The summed E-state index contributed by atoms with van der Waals surface area (Å²) < 4.78 is 13.1. The Morgan fingerprint density at radius 1 is 0.277 bits per heavy atom. The van der Waals surface area contributed by atoms with Gasteiger partial charge in [-0.3, -0.25) is 0 Å². The van der Waals surface area contributed by atoms with E-state index >= 15 is 0 Å². The molecule has 0 amide bonds. The van der Waals surface area contributed by atoms with E-state index in [4.69, 9.17) is 8.83 Å². The van der Waals surface area contributed by atoms with Gasteiger partial charge in [-0.05, 0) is 104 Å². The van der Waals surface area contributed by atoms with Crippen LogP contribution < -0.4 is 4.90 Å². The summed E-state index contributed by atoms with van der Waals surface area (Å²) in [4.78, 5) is 2.45. The van der Waals surface area contributed by atoms with Crippen LogP contribution in [0.15, 0.2) is 245 Å². The smallest absolute Gasteiger partial charge is 0.143 e. The molecule has 3 heteroatoms. The molecule has 0 saturated carbocycles. The van der Waals surface area contributed by atoms with Crippen molar-refractivity contribution in [2.45, 2.75) is 0 Å². The van der Waals surface area contributed by atoms with Gasteiger partial charge < -0.3 is 13.7 Å². The molecule has 3 nitrogen and oxygen atoms in total. The molecule has 0 spiro atoms. The fourth-order valence-electron chi connectivity index (χ4n) is 10.0. The Morgan fingerprint density at radius 2 is 0.892 bits per heavy atom. The quantitative estimate of drug-likeness (QED) is 0.160. The van der Waals surface area contributed by atoms with E-state index in [0.29, 0.717) is 0 Å². The second kappa shape index (κ2) is 15.0. The molecule has 0 aliphatic heterocycles. The average Bonchev–Trinajstić information content (AvgIpc) is 3.96. The van der Waals surface area contributed by atoms with Gasteiger partial charge in [-0.2, -0.15) is 0 Å². The molecule has 0 saturated heterocycles. The molecule has 0 aliphatic rings. The van der Waals surface area contributed by atoms with E-state index in [9.17, 15) is 0 Å². The molecular formula is C62H39NO2. The van der Waals surface area contributed by atoms with Crippen molar-refractivity contribution >= 4 is 82.5 Å². The monoisotopic (exact) mass is 829 g/mol.